The van der Waals surface area contributed by atoms with Crippen LogP contribution in [0.3, 0.4) is 0 Å². The second-order valence-electron chi connectivity index (χ2n) is 4.53. The van der Waals surface area contributed by atoms with Gasteiger partial charge in [-0.15, -0.1) is 0 Å². The van der Waals surface area contributed by atoms with E-state index in [1.165, 1.54) is 10.9 Å². The minimum atomic E-state index is -0.337. The van der Waals surface area contributed by atoms with Crippen molar-refractivity contribution in [1.29, 1.82) is 0 Å². The molecule has 2 unspecified atom stereocenters. The third kappa shape index (κ3) is 2.32. The number of nitrogen functional groups attached to an aromatic ring is 1. The van der Waals surface area contributed by atoms with Crippen LogP contribution in [-0.2, 0) is 11.8 Å². The molecule has 1 aromatic heterocycles. The Labute approximate surface area is 105 Å². The molecule has 100 valence electrons. The fraction of sp³-hybridized carbons (Fsp3) is 0.636. The van der Waals surface area contributed by atoms with Gasteiger partial charge in [-0.3, -0.25) is 9.48 Å². The summed E-state index contributed by atoms with van der Waals surface area (Å²) in [6, 6.07) is 0. The summed E-state index contributed by atoms with van der Waals surface area (Å²) in [5.41, 5.74) is 6.18. The Balaban J connectivity index is 2.15. The molecule has 2 rings (SSSR count). The molecule has 0 spiro atoms. The number of aliphatic hydroxyl groups is 1. The molecule has 1 saturated heterocycles. The van der Waals surface area contributed by atoms with E-state index in [2.05, 4.69) is 5.10 Å². The van der Waals surface area contributed by atoms with Crippen LogP contribution in [0.2, 0.25) is 0 Å². The quantitative estimate of drug-likeness (QED) is 0.722. The minimum absolute atomic E-state index is 0.0993. The number of rotatable bonds is 2. The zero-order chi connectivity index (χ0) is 13.3. The fourth-order valence-electron chi connectivity index (χ4n) is 2.09. The molecule has 0 saturated carbocycles. The highest BCUT2D eigenvalue weighted by atomic mass is 16.5. The van der Waals surface area contributed by atoms with E-state index >= 15 is 0 Å². The summed E-state index contributed by atoms with van der Waals surface area (Å²) in [6.45, 7) is 2.63. The number of morpholine rings is 1. The fourth-order valence-corrected chi connectivity index (χ4v) is 2.09. The van der Waals surface area contributed by atoms with Crippen molar-refractivity contribution < 1.29 is 14.6 Å². The van der Waals surface area contributed by atoms with Gasteiger partial charge >= 0.3 is 0 Å². The molecule has 3 N–H and O–H groups in total. The normalized spacial score (nSPS) is 24.3. The van der Waals surface area contributed by atoms with Crippen molar-refractivity contribution in [2.45, 2.75) is 19.1 Å². The van der Waals surface area contributed by atoms with E-state index in [-0.39, 0.29) is 24.7 Å². The monoisotopic (exact) mass is 254 g/mol. The highest BCUT2D eigenvalue weighted by molar-refractivity contribution is 5.98. The van der Waals surface area contributed by atoms with Gasteiger partial charge in [-0.2, -0.15) is 5.10 Å². The van der Waals surface area contributed by atoms with Crippen LogP contribution >= 0.6 is 0 Å². The standard InChI is InChI=1S/C11H18N4O3/c1-7-4-15(5-8(6-16)18-7)11(17)9-3-13-14(2)10(9)12/h3,7-8,16H,4-6,12H2,1-2H3. The van der Waals surface area contributed by atoms with Crippen LogP contribution in [0.5, 0.6) is 0 Å². The lowest BCUT2D eigenvalue weighted by Crippen LogP contribution is -2.50. The molecule has 1 amide bonds. The molecule has 2 atom stereocenters. The van der Waals surface area contributed by atoms with Crippen LogP contribution in [0, 0.1) is 0 Å². The van der Waals surface area contributed by atoms with Gasteiger partial charge in [0.15, 0.2) is 0 Å². The molecule has 0 aliphatic carbocycles. The summed E-state index contributed by atoms with van der Waals surface area (Å²) in [7, 11) is 1.69. The first-order valence-electron chi connectivity index (χ1n) is 5.86. The Kier molecular flexibility index (Phi) is 3.53. The van der Waals surface area contributed by atoms with Gasteiger partial charge in [0.1, 0.15) is 11.4 Å². The van der Waals surface area contributed by atoms with E-state index in [0.29, 0.717) is 24.5 Å². The van der Waals surface area contributed by atoms with Crippen LogP contribution in [0.25, 0.3) is 0 Å². The summed E-state index contributed by atoms with van der Waals surface area (Å²) in [4.78, 5) is 13.9. The number of anilines is 1. The SMILES string of the molecule is CC1CN(C(=O)c2cnn(C)c2N)CC(CO)O1. The summed E-state index contributed by atoms with van der Waals surface area (Å²) in [5.74, 6) is 0.175. The molecule has 1 aliphatic rings. The lowest BCUT2D eigenvalue weighted by molar-refractivity contribution is -0.0858. The number of nitrogens with zero attached hydrogens (tertiary/aromatic N) is 3. The minimum Gasteiger partial charge on any atom is -0.394 e. The van der Waals surface area contributed by atoms with Crippen molar-refractivity contribution >= 4 is 11.7 Å². The Morgan fingerprint density at radius 2 is 2.39 bits per heavy atom. The van der Waals surface area contributed by atoms with Crippen molar-refractivity contribution in [2.24, 2.45) is 7.05 Å². The van der Waals surface area contributed by atoms with Gasteiger partial charge < -0.3 is 20.5 Å². The van der Waals surface area contributed by atoms with Crippen molar-refractivity contribution in [2.75, 3.05) is 25.4 Å². The first-order valence-corrected chi connectivity index (χ1v) is 5.86. The number of amides is 1. The first-order chi connectivity index (χ1) is 8.52. The number of aliphatic hydroxyl groups excluding tert-OH is 1. The summed E-state index contributed by atoms with van der Waals surface area (Å²) in [6.07, 6.45) is 1.03. The predicted molar refractivity (Wildman–Crippen MR) is 64.9 cm³/mol. The largest absolute Gasteiger partial charge is 0.394 e. The first kappa shape index (κ1) is 12.8. The van der Waals surface area contributed by atoms with Gasteiger partial charge in [0.2, 0.25) is 0 Å². The molecule has 1 fully saturated rings. The van der Waals surface area contributed by atoms with Crippen LogP contribution in [0.4, 0.5) is 5.82 Å². The van der Waals surface area contributed by atoms with Gasteiger partial charge in [-0.1, -0.05) is 0 Å². The molecule has 0 radical (unpaired) electrons. The second-order valence-corrected chi connectivity index (χ2v) is 4.53. The van der Waals surface area contributed by atoms with Gasteiger partial charge in [0, 0.05) is 20.1 Å². The number of carbonyl (C=O) groups is 1. The zero-order valence-electron chi connectivity index (χ0n) is 10.5. The molecular weight excluding hydrogens is 236 g/mol. The third-order valence-corrected chi connectivity index (χ3v) is 3.03. The lowest BCUT2D eigenvalue weighted by atomic mass is 10.2. The van der Waals surface area contributed by atoms with Gasteiger partial charge in [0.25, 0.3) is 5.91 Å². The maximum absolute atomic E-state index is 12.3. The number of carbonyl (C=O) groups excluding carboxylic acids is 1. The van der Waals surface area contributed by atoms with E-state index < -0.39 is 0 Å². The van der Waals surface area contributed by atoms with Crippen molar-refractivity contribution in [3.05, 3.63) is 11.8 Å². The number of ether oxygens (including phenoxy) is 1. The number of hydrogen-bond acceptors (Lipinski definition) is 5. The molecular formula is C11H18N4O3. The van der Waals surface area contributed by atoms with Crippen molar-refractivity contribution in [3.63, 3.8) is 0 Å². The Morgan fingerprint density at radius 1 is 1.67 bits per heavy atom. The second kappa shape index (κ2) is 4.95. The Bertz CT molecular complexity index is 445. The molecule has 0 bridgehead atoms. The van der Waals surface area contributed by atoms with E-state index in [1.54, 1.807) is 11.9 Å². The maximum Gasteiger partial charge on any atom is 0.259 e. The average molecular weight is 254 g/mol. The molecule has 7 nitrogen and oxygen atoms in total. The van der Waals surface area contributed by atoms with E-state index in [9.17, 15) is 4.79 Å². The number of aryl methyl sites for hydroxylation is 1. The molecule has 7 heteroatoms. The van der Waals surface area contributed by atoms with Crippen molar-refractivity contribution in [1.82, 2.24) is 14.7 Å². The highest BCUT2D eigenvalue weighted by Crippen LogP contribution is 2.17. The van der Waals surface area contributed by atoms with Crippen LogP contribution in [-0.4, -0.2) is 57.6 Å². The molecule has 0 aromatic carbocycles. The average Bonchev–Trinajstić information content (AvgIpc) is 2.68. The molecule has 2 heterocycles. The third-order valence-electron chi connectivity index (χ3n) is 3.03. The van der Waals surface area contributed by atoms with Gasteiger partial charge in [-0.25, -0.2) is 0 Å². The summed E-state index contributed by atoms with van der Waals surface area (Å²) in [5, 5.41) is 13.1. The highest BCUT2D eigenvalue weighted by Gasteiger charge is 2.30. The van der Waals surface area contributed by atoms with E-state index in [1.807, 2.05) is 6.92 Å². The van der Waals surface area contributed by atoms with E-state index in [4.69, 9.17) is 15.6 Å². The van der Waals surface area contributed by atoms with Crippen LogP contribution in [0.1, 0.15) is 17.3 Å². The van der Waals surface area contributed by atoms with Gasteiger partial charge in [0.05, 0.1) is 25.0 Å². The zero-order valence-corrected chi connectivity index (χ0v) is 10.5. The van der Waals surface area contributed by atoms with Crippen LogP contribution < -0.4 is 5.73 Å². The predicted octanol–water partition coefficient (Wildman–Crippen LogP) is -0.776. The smallest absolute Gasteiger partial charge is 0.259 e. The maximum atomic E-state index is 12.3. The lowest BCUT2D eigenvalue weighted by Gasteiger charge is -2.35. The molecule has 1 aromatic rings. The van der Waals surface area contributed by atoms with Gasteiger partial charge in [-0.05, 0) is 6.92 Å². The topological polar surface area (TPSA) is 93.6 Å². The number of aromatic nitrogens is 2. The number of hydrogen-bond donors (Lipinski definition) is 2. The molecule has 18 heavy (non-hydrogen) atoms. The van der Waals surface area contributed by atoms with Crippen LogP contribution in [0.15, 0.2) is 6.20 Å². The number of nitrogens with two attached hydrogens (primary N) is 1. The molecule has 1 aliphatic heterocycles. The Hall–Kier alpha value is -1.60. The van der Waals surface area contributed by atoms with Crippen molar-refractivity contribution in [3.8, 4) is 0 Å². The summed E-state index contributed by atoms with van der Waals surface area (Å²) < 4.78 is 6.95. The summed E-state index contributed by atoms with van der Waals surface area (Å²) >= 11 is 0. The Morgan fingerprint density at radius 3 is 2.94 bits per heavy atom. The van der Waals surface area contributed by atoms with E-state index in [0.717, 1.165) is 0 Å².